The molecule has 0 saturated carbocycles. The molecule has 0 atom stereocenters. The van der Waals surface area contributed by atoms with Crippen molar-refractivity contribution in [1.29, 1.82) is 0 Å². The van der Waals surface area contributed by atoms with Gasteiger partial charge in [-0.05, 0) is 36.2 Å². The molecule has 3 rings (SSSR count). The van der Waals surface area contributed by atoms with Crippen LogP contribution in [0.1, 0.15) is 12.0 Å². The number of hydrogen-bond donors (Lipinski definition) is 2. The Morgan fingerprint density at radius 3 is 2.69 bits per heavy atom. The Balaban J connectivity index is 1.42. The van der Waals surface area contributed by atoms with Crippen LogP contribution in [0.5, 0.6) is 5.75 Å². The minimum atomic E-state index is 0.718. The summed E-state index contributed by atoms with van der Waals surface area (Å²) in [5, 5.41) is 6.68. The molecule has 0 radical (unpaired) electrons. The number of fused-ring (bicyclic) bond motifs is 1. The molecule has 0 saturated heterocycles. The third-order valence-corrected chi connectivity index (χ3v) is 4.24. The summed E-state index contributed by atoms with van der Waals surface area (Å²) >= 11 is 0. The number of aliphatic imine (C=N–C) groups is 1. The van der Waals surface area contributed by atoms with Crippen molar-refractivity contribution in [1.82, 2.24) is 20.2 Å². The number of methoxy groups -OCH3 is 1. The van der Waals surface area contributed by atoms with Crippen LogP contribution in [0.3, 0.4) is 0 Å². The molecule has 6 nitrogen and oxygen atoms in total. The summed E-state index contributed by atoms with van der Waals surface area (Å²) in [5.41, 5.74) is 3.39. The third kappa shape index (κ3) is 4.53. The van der Waals surface area contributed by atoms with E-state index in [0.29, 0.717) is 0 Å². The van der Waals surface area contributed by atoms with E-state index >= 15 is 0 Å². The lowest BCUT2D eigenvalue weighted by molar-refractivity contribution is 0.414. The van der Waals surface area contributed by atoms with Crippen molar-refractivity contribution in [3.05, 3.63) is 60.4 Å². The van der Waals surface area contributed by atoms with E-state index in [4.69, 9.17) is 4.74 Å². The Labute approximate surface area is 153 Å². The highest BCUT2D eigenvalue weighted by Crippen LogP contribution is 2.12. The summed E-state index contributed by atoms with van der Waals surface area (Å²) in [7, 11) is 3.46. The fourth-order valence-electron chi connectivity index (χ4n) is 2.79. The maximum absolute atomic E-state index is 5.18. The lowest BCUT2D eigenvalue weighted by Gasteiger charge is -2.12. The Hall–Kier alpha value is -3.02. The minimum absolute atomic E-state index is 0.718. The highest BCUT2D eigenvalue weighted by molar-refractivity contribution is 5.79. The van der Waals surface area contributed by atoms with E-state index in [1.165, 1.54) is 11.1 Å². The summed E-state index contributed by atoms with van der Waals surface area (Å²) in [6, 6.07) is 16.2. The fraction of sp³-hybridized carbons (Fsp3) is 0.300. The van der Waals surface area contributed by atoms with Crippen molar-refractivity contribution in [2.45, 2.75) is 19.5 Å². The highest BCUT2D eigenvalue weighted by atomic mass is 16.5. The van der Waals surface area contributed by atoms with Crippen LogP contribution in [0.2, 0.25) is 0 Å². The summed E-state index contributed by atoms with van der Waals surface area (Å²) in [5.74, 6) is 1.67. The predicted molar refractivity (Wildman–Crippen MR) is 106 cm³/mol. The first kappa shape index (κ1) is 17.8. The molecule has 0 spiro atoms. The molecule has 0 bridgehead atoms. The number of nitrogens with zero attached hydrogens (tertiary/aromatic N) is 3. The maximum atomic E-state index is 5.18. The minimum Gasteiger partial charge on any atom is -0.497 e. The van der Waals surface area contributed by atoms with Crippen LogP contribution in [0.25, 0.3) is 11.0 Å². The van der Waals surface area contributed by atoms with Gasteiger partial charge in [-0.1, -0.05) is 24.3 Å². The van der Waals surface area contributed by atoms with Crippen molar-refractivity contribution >= 4 is 17.0 Å². The Bertz CT molecular complexity index is 854. The number of para-hydroxylation sites is 2. The number of imidazole rings is 1. The molecular formula is C20H25N5O. The second-order valence-corrected chi connectivity index (χ2v) is 5.98. The van der Waals surface area contributed by atoms with Gasteiger partial charge < -0.3 is 19.9 Å². The van der Waals surface area contributed by atoms with Crippen LogP contribution >= 0.6 is 0 Å². The van der Waals surface area contributed by atoms with Crippen molar-refractivity contribution in [2.75, 3.05) is 20.7 Å². The first-order valence-corrected chi connectivity index (χ1v) is 8.77. The molecule has 136 valence electrons. The average molecular weight is 351 g/mol. The molecule has 0 aliphatic heterocycles. The van der Waals surface area contributed by atoms with Crippen LogP contribution in [0.4, 0.5) is 0 Å². The van der Waals surface area contributed by atoms with Gasteiger partial charge in [0.25, 0.3) is 0 Å². The van der Waals surface area contributed by atoms with Gasteiger partial charge in [0, 0.05) is 26.7 Å². The topological polar surface area (TPSA) is 63.5 Å². The van der Waals surface area contributed by atoms with Gasteiger partial charge in [0.2, 0.25) is 0 Å². The average Bonchev–Trinajstić information content (AvgIpc) is 3.11. The molecule has 3 aromatic rings. The standard InChI is InChI=1S/C20H25N5O/c1-21-20(23-14-16-8-10-17(26-2)11-9-16)22-12-5-13-25-15-24-18-6-3-4-7-19(18)25/h3-4,6-11,15H,5,12-14H2,1-2H3,(H2,21,22,23). The lowest BCUT2D eigenvalue weighted by atomic mass is 10.2. The molecule has 1 aromatic heterocycles. The first-order chi connectivity index (χ1) is 12.8. The molecule has 2 N–H and O–H groups in total. The van der Waals surface area contributed by atoms with Gasteiger partial charge in [-0.2, -0.15) is 0 Å². The summed E-state index contributed by atoms with van der Waals surface area (Å²) in [6.45, 7) is 2.48. The number of guanidine groups is 1. The number of ether oxygens (including phenoxy) is 1. The van der Waals surface area contributed by atoms with Gasteiger partial charge in [-0.25, -0.2) is 4.98 Å². The van der Waals surface area contributed by atoms with E-state index in [1.807, 2.05) is 48.8 Å². The van der Waals surface area contributed by atoms with E-state index < -0.39 is 0 Å². The van der Waals surface area contributed by atoms with E-state index in [-0.39, 0.29) is 0 Å². The quantitative estimate of drug-likeness (QED) is 0.390. The summed E-state index contributed by atoms with van der Waals surface area (Å²) < 4.78 is 7.36. The number of hydrogen-bond acceptors (Lipinski definition) is 3. The van der Waals surface area contributed by atoms with Gasteiger partial charge in [-0.15, -0.1) is 0 Å². The largest absolute Gasteiger partial charge is 0.497 e. The SMILES string of the molecule is CN=C(NCCCn1cnc2ccccc21)NCc1ccc(OC)cc1. The van der Waals surface area contributed by atoms with Gasteiger partial charge >= 0.3 is 0 Å². The van der Waals surface area contributed by atoms with Crippen molar-refractivity contribution < 1.29 is 4.74 Å². The molecule has 0 unspecified atom stereocenters. The Morgan fingerprint density at radius 1 is 1.12 bits per heavy atom. The summed E-state index contributed by atoms with van der Waals surface area (Å²) in [6.07, 6.45) is 2.89. The van der Waals surface area contributed by atoms with Gasteiger partial charge in [0.05, 0.1) is 24.5 Å². The van der Waals surface area contributed by atoms with Gasteiger partial charge in [-0.3, -0.25) is 4.99 Å². The fourth-order valence-corrected chi connectivity index (χ4v) is 2.79. The lowest BCUT2D eigenvalue weighted by Crippen LogP contribution is -2.37. The van der Waals surface area contributed by atoms with E-state index in [1.54, 1.807) is 14.2 Å². The number of nitrogens with one attached hydrogen (secondary N) is 2. The molecule has 0 aliphatic rings. The van der Waals surface area contributed by atoms with E-state index in [9.17, 15) is 0 Å². The monoisotopic (exact) mass is 351 g/mol. The van der Waals surface area contributed by atoms with Gasteiger partial charge in [0.15, 0.2) is 5.96 Å². The molecule has 0 amide bonds. The second-order valence-electron chi connectivity index (χ2n) is 5.98. The van der Waals surface area contributed by atoms with Crippen molar-refractivity contribution in [2.24, 2.45) is 4.99 Å². The molecule has 6 heteroatoms. The molecule has 0 aliphatic carbocycles. The zero-order chi connectivity index (χ0) is 18.2. The Morgan fingerprint density at radius 2 is 1.92 bits per heavy atom. The summed E-state index contributed by atoms with van der Waals surface area (Å²) in [4.78, 5) is 8.69. The predicted octanol–water partition coefficient (Wildman–Crippen LogP) is 2.80. The molecular weight excluding hydrogens is 326 g/mol. The number of aryl methyl sites for hydroxylation is 1. The zero-order valence-electron chi connectivity index (χ0n) is 15.3. The molecule has 26 heavy (non-hydrogen) atoms. The second kappa shape index (κ2) is 8.89. The smallest absolute Gasteiger partial charge is 0.191 e. The number of rotatable bonds is 7. The maximum Gasteiger partial charge on any atom is 0.191 e. The van der Waals surface area contributed by atoms with E-state index in [2.05, 4.69) is 31.2 Å². The molecule has 2 aromatic carbocycles. The van der Waals surface area contributed by atoms with Crippen LogP contribution in [-0.4, -0.2) is 36.2 Å². The highest BCUT2D eigenvalue weighted by Gasteiger charge is 2.02. The van der Waals surface area contributed by atoms with Crippen LogP contribution in [-0.2, 0) is 13.1 Å². The van der Waals surface area contributed by atoms with Crippen LogP contribution in [0.15, 0.2) is 59.9 Å². The first-order valence-electron chi connectivity index (χ1n) is 8.77. The number of benzene rings is 2. The molecule has 1 heterocycles. The molecule has 0 fully saturated rings. The third-order valence-electron chi connectivity index (χ3n) is 4.24. The van der Waals surface area contributed by atoms with Crippen LogP contribution in [0, 0.1) is 0 Å². The van der Waals surface area contributed by atoms with Crippen molar-refractivity contribution in [3.63, 3.8) is 0 Å². The van der Waals surface area contributed by atoms with Crippen LogP contribution < -0.4 is 15.4 Å². The van der Waals surface area contributed by atoms with Crippen molar-refractivity contribution in [3.8, 4) is 5.75 Å². The van der Waals surface area contributed by atoms with E-state index in [0.717, 1.165) is 43.3 Å². The van der Waals surface area contributed by atoms with Gasteiger partial charge in [0.1, 0.15) is 5.75 Å². The zero-order valence-corrected chi connectivity index (χ0v) is 15.3. The Kier molecular flexibility index (Phi) is 6.09. The normalized spacial score (nSPS) is 11.5. The number of aromatic nitrogens is 2.